The van der Waals surface area contributed by atoms with Crippen LogP contribution in [-0.2, 0) is 14.3 Å². The van der Waals surface area contributed by atoms with Gasteiger partial charge in [0.2, 0.25) is 0 Å². The van der Waals surface area contributed by atoms with Crippen molar-refractivity contribution >= 4 is 12.0 Å². The van der Waals surface area contributed by atoms with Crippen molar-refractivity contribution in [1.82, 2.24) is 10.2 Å². The van der Waals surface area contributed by atoms with Crippen molar-refractivity contribution in [1.29, 1.82) is 0 Å². The molecule has 0 saturated carbocycles. The van der Waals surface area contributed by atoms with Gasteiger partial charge in [0.25, 0.3) is 0 Å². The summed E-state index contributed by atoms with van der Waals surface area (Å²) >= 11 is 0. The Hall–Kier alpha value is -1.34. The molecule has 0 bridgehead atoms. The van der Waals surface area contributed by atoms with Crippen molar-refractivity contribution < 1.29 is 24.2 Å². The molecule has 2 saturated heterocycles. The van der Waals surface area contributed by atoms with E-state index in [1.54, 1.807) is 11.8 Å². The molecule has 0 aliphatic carbocycles. The molecule has 2 fully saturated rings. The highest BCUT2D eigenvalue weighted by Gasteiger charge is 2.43. The van der Waals surface area contributed by atoms with E-state index in [2.05, 4.69) is 5.32 Å². The fourth-order valence-corrected chi connectivity index (χ4v) is 2.58. The fraction of sp³-hybridized carbons (Fsp3) is 0.846. The lowest BCUT2D eigenvalue weighted by atomic mass is 9.97. The molecule has 2 N–H and O–H groups in total. The van der Waals surface area contributed by atoms with Crippen LogP contribution < -0.4 is 5.32 Å². The van der Waals surface area contributed by atoms with Crippen LogP contribution >= 0.6 is 0 Å². The second-order valence-corrected chi connectivity index (χ2v) is 6.05. The maximum Gasteiger partial charge on any atom is 0.329 e. The van der Waals surface area contributed by atoms with Crippen molar-refractivity contribution in [3.63, 3.8) is 0 Å². The lowest BCUT2D eigenvalue weighted by Crippen LogP contribution is -2.65. The summed E-state index contributed by atoms with van der Waals surface area (Å²) in [7, 11) is 0. The number of carbonyl (C=O) groups is 2. The van der Waals surface area contributed by atoms with Crippen molar-refractivity contribution in [2.45, 2.75) is 37.9 Å². The van der Waals surface area contributed by atoms with E-state index in [0.29, 0.717) is 19.6 Å². The number of rotatable bonds is 5. The molecule has 2 amide bonds. The first-order chi connectivity index (χ1) is 9.32. The average Bonchev–Trinajstić information content (AvgIpc) is 2.77. The summed E-state index contributed by atoms with van der Waals surface area (Å²) < 4.78 is 10.9. The number of likely N-dealkylation sites (tertiary alicyclic amines) is 1. The van der Waals surface area contributed by atoms with Crippen LogP contribution in [0.2, 0.25) is 0 Å². The molecule has 7 heteroatoms. The van der Waals surface area contributed by atoms with Gasteiger partial charge >= 0.3 is 12.0 Å². The molecule has 2 rings (SSSR count). The van der Waals surface area contributed by atoms with Gasteiger partial charge in [0.15, 0.2) is 0 Å². The quantitative estimate of drug-likeness (QED) is 0.765. The monoisotopic (exact) mass is 286 g/mol. The minimum absolute atomic E-state index is 0.155. The molecule has 1 unspecified atom stereocenters. The first-order valence-corrected chi connectivity index (χ1v) is 6.84. The maximum atomic E-state index is 11.9. The second kappa shape index (κ2) is 5.57. The largest absolute Gasteiger partial charge is 0.480 e. The number of carboxylic acid groups (broad SMARTS) is 1. The highest BCUT2D eigenvalue weighted by molar-refractivity contribution is 5.75. The number of hydrogen-bond acceptors (Lipinski definition) is 4. The third kappa shape index (κ3) is 3.61. The number of amides is 2. The molecule has 2 heterocycles. The normalized spacial score (nSPS) is 28.0. The summed E-state index contributed by atoms with van der Waals surface area (Å²) in [6.45, 7) is 5.52. The lowest BCUT2D eigenvalue weighted by Gasteiger charge is -2.47. The summed E-state index contributed by atoms with van der Waals surface area (Å²) in [4.78, 5) is 24.0. The van der Waals surface area contributed by atoms with Crippen LogP contribution in [0.3, 0.4) is 0 Å². The molecule has 0 spiro atoms. The standard InChI is InChI=1S/C13H22N2O5/c1-12(4-3-5-19-12)7-14-11(18)15-8-13(2,9-15)20-6-10(16)17/h3-9H2,1-2H3,(H,14,18)(H,16,17). The number of ether oxygens (including phenoxy) is 2. The Bertz CT molecular complexity index is 386. The average molecular weight is 286 g/mol. The molecule has 2 aliphatic rings. The number of aliphatic carboxylic acids is 1. The van der Waals surface area contributed by atoms with Crippen molar-refractivity contribution in [2.75, 3.05) is 32.8 Å². The molecular formula is C13H22N2O5. The number of carbonyl (C=O) groups excluding carboxylic acids is 1. The third-order valence-corrected chi connectivity index (χ3v) is 3.80. The Kier molecular flexibility index (Phi) is 4.19. The SMILES string of the molecule is CC1(CNC(=O)N2CC(C)(OCC(=O)O)C2)CCCO1. The van der Waals surface area contributed by atoms with E-state index >= 15 is 0 Å². The van der Waals surface area contributed by atoms with Gasteiger partial charge in [-0.2, -0.15) is 0 Å². The van der Waals surface area contributed by atoms with Crippen molar-refractivity contribution in [2.24, 2.45) is 0 Å². The van der Waals surface area contributed by atoms with Crippen molar-refractivity contribution in [3.05, 3.63) is 0 Å². The van der Waals surface area contributed by atoms with Gasteiger partial charge in [-0.15, -0.1) is 0 Å². The van der Waals surface area contributed by atoms with Gasteiger partial charge in [0, 0.05) is 13.2 Å². The highest BCUT2D eigenvalue weighted by atomic mass is 16.5. The molecule has 0 aromatic rings. The second-order valence-electron chi connectivity index (χ2n) is 6.05. The number of nitrogens with one attached hydrogen (secondary N) is 1. The Morgan fingerprint density at radius 2 is 2.10 bits per heavy atom. The molecule has 20 heavy (non-hydrogen) atoms. The van der Waals surface area contributed by atoms with Crippen LogP contribution in [0.15, 0.2) is 0 Å². The van der Waals surface area contributed by atoms with E-state index in [-0.39, 0.29) is 18.2 Å². The zero-order valence-electron chi connectivity index (χ0n) is 12.0. The van der Waals surface area contributed by atoms with E-state index in [1.807, 2.05) is 6.92 Å². The highest BCUT2D eigenvalue weighted by Crippen LogP contribution is 2.26. The molecular weight excluding hydrogens is 264 g/mol. The third-order valence-electron chi connectivity index (χ3n) is 3.80. The van der Waals surface area contributed by atoms with Crippen LogP contribution in [-0.4, -0.2) is 66.1 Å². The van der Waals surface area contributed by atoms with Crippen LogP contribution in [0.4, 0.5) is 4.79 Å². The first-order valence-electron chi connectivity index (χ1n) is 6.84. The molecule has 1 atom stereocenters. The Morgan fingerprint density at radius 3 is 2.65 bits per heavy atom. The summed E-state index contributed by atoms with van der Waals surface area (Å²) in [6, 6.07) is -0.155. The predicted molar refractivity (Wildman–Crippen MR) is 70.6 cm³/mol. The van der Waals surface area contributed by atoms with Gasteiger partial charge in [-0.3, -0.25) is 0 Å². The zero-order valence-corrected chi connectivity index (χ0v) is 12.0. The van der Waals surface area contributed by atoms with E-state index in [0.717, 1.165) is 19.4 Å². The van der Waals surface area contributed by atoms with Crippen LogP contribution in [0.5, 0.6) is 0 Å². The number of carboxylic acids is 1. The maximum absolute atomic E-state index is 11.9. The molecule has 7 nitrogen and oxygen atoms in total. The summed E-state index contributed by atoms with van der Waals surface area (Å²) in [6.07, 6.45) is 1.98. The van der Waals surface area contributed by atoms with Gasteiger partial charge in [-0.25, -0.2) is 9.59 Å². The molecule has 2 aliphatic heterocycles. The molecule has 0 radical (unpaired) electrons. The predicted octanol–water partition coefficient (Wildman–Crippen LogP) is 0.441. The van der Waals surface area contributed by atoms with Gasteiger partial charge in [-0.05, 0) is 26.7 Å². The first kappa shape index (κ1) is 15.1. The van der Waals surface area contributed by atoms with Crippen molar-refractivity contribution in [3.8, 4) is 0 Å². The van der Waals surface area contributed by atoms with Crippen LogP contribution in [0.1, 0.15) is 26.7 Å². The zero-order chi connectivity index (χ0) is 14.8. The lowest BCUT2D eigenvalue weighted by molar-refractivity contribution is -0.159. The minimum Gasteiger partial charge on any atom is -0.480 e. The Morgan fingerprint density at radius 1 is 1.40 bits per heavy atom. The molecule has 114 valence electrons. The van der Waals surface area contributed by atoms with Gasteiger partial charge in [0.05, 0.1) is 18.7 Å². The minimum atomic E-state index is -1.000. The van der Waals surface area contributed by atoms with E-state index < -0.39 is 11.6 Å². The van der Waals surface area contributed by atoms with Gasteiger partial charge in [0.1, 0.15) is 12.2 Å². The Labute approximate surface area is 118 Å². The summed E-state index contributed by atoms with van der Waals surface area (Å²) in [5, 5.41) is 11.4. The van der Waals surface area contributed by atoms with Crippen LogP contribution in [0.25, 0.3) is 0 Å². The van der Waals surface area contributed by atoms with E-state index in [1.165, 1.54) is 0 Å². The molecule has 0 aromatic carbocycles. The van der Waals surface area contributed by atoms with E-state index in [9.17, 15) is 9.59 Å². The van der Waals surface area contributed by atoms with Crippen LogP contribution in [0, 0.1) is 0 Å². The molecule has 0 aromatic heterocycles. The number of hydrogen-bond donors (Lipinski definition) is 2. The number of nitrogens with zero attached hydrogens (tertiary/aromatic N) is 1. The fourth-order valence-electron chi connectivity index (χ4n) is 2.58. The Balaban J connectivity index is 1.69. The number of urea groups is 1. The smallest absolute Gasteiger partial charge is 0.329 e. The summed E-state index contributed by atoms with van der Waals surface area (Å²) in [5.74, 6) is -1.000. The van der Waals surface area contributed by atoms with E-state index in [4.69, 9.17) is 14.6 Å². The summed E-state index contributed by atoms with van der Waals surface area (Å²) in [5.41, 5.74) is -0.812. The van der Waals surface area contributed by atoms with Gasteiger partial charge < -0.3 is 24.8 Å². The van der Waals surface area contributed by atoms with Gasteiger partial charge in [-0.1, -0.05) is 0 Å². The topological polar surface area (TPSA) is 88.1 Å².